The summed E-state index contributed by atoms with van der Waals surface area (Å²) < 4.78 is 11.9. The molecule has 0 saturated carbocycles. The molecule has 1 heterocycles. The van der Waals surface area contributed by atoms with E-state index in [1.165, 1.54) is 5.56 Å². The van der Waals surface area contributed by atoms with Crippen LogP contribution in [0.15, 0.2) is 33.4 Å². The van der Waals surface area contributed by atoms with Crippen LogP contribution in [-0.4, -0.2) is 20.8 Å². The summed E-state index contributed by atoms with van der Waals surface area (Å²) in [5.41, 5.74) is 2.39. The first-order valence-electron chi connectivity index (χ1n) is 6.88. The predicted molar refractivity (Wildman–Crippen MR) is 91.7 cm³/mol. The molecule has 3 nitrogen and oxygen atoms in total. The molecule has 5 heteroatoms. The zero-order valence-corrected chi connectivity index (χ0v) is 14.9. The largest absolute Gasteiger partial charge is 0.497 e. The van der Waals surface area contributed by atoms with Crippen molar-refractivity contribution in [2.45, 2.75) is 19.4 Å². The fourth-order valence-corrected chi connectivity index (χ4v) is 3.39. The Balaban J connectivity index is 2.40. The van der Waals surface area contributed by atoms with Gasteiger partial charge in [0.2, 0.25) is 0 Å². The Kier molecular flexibility index (Phi) is 6.08. The van der Waals surface area contributed by atoms with Gasteiger partial charge in [0.25, 0.3) is 0 Å². The van der Waals surface area contributed by atoms with Gasteiger partial charge >= 0.3 is 0 Å². The molecule has 0 radical (unpaired) electrons. The lowest BCUT2D eigenvalue weighted by molar-refractivity contribution is 0.392. The van der Waals surface area contributed by atoms with Crippen molar-refractivity contribution in [3.8, 4) is 11.5 Å². The molecule has 0 amide bonds. The summed E-state index contributed by atoms with van der Waals surface area (Å²) in [7, 11) is 3.35. The van der Waals surface area contributed by atoms with Crippen LogP contribution in [0.5, 0.6) is 11.5 Å². The van der Waals surface area contributed by atoms with E-state index in [9.17, 15) is 0 Å². The Bertz CT molecular complexity index is 563. The van der Waals surface area contributed by atoms with Crippen LogP contribution >= 0.6 is 27.3 Å². The van der Waals surface area contributed by atoms with Gasteiger partial charge in [-0.05, 0) is 63.6 Å². The summed E-state index contributed by atoms with van der Waals surface area (Å²) in [6.45, 7) is 3.12. The van der Waals surface area contributed by atoms with E-state index in [4.69, 9.17) is 9.47 Å². The summed E-state index contributed by atoms with van der Waals surface area (Å²) in [6.07, 6.45) is 1.09. The van der Waals surface area contributed by atoms with Crippen LogP contribution in [-0.2, 0) is 0 Å². The number of halogens is 1. The van der Waals surface area contributed by atoms with Crippen LogP contribution < -0.4 is 14.8 Å². The minimum absolute atomic E-state index is 0.136. The fraction of sp³-hybridized carbons (Fsp3) is 0.375. The quantitative estimate of drug-likeness (QED) is 0.772. The normalized spacial score (nSPS) is 12.2. The maximum atomic E-state index is 5.38. The highest BCUT2D eigenvalue weighted by atomic mass is 79.9. The molecule has 21 heavy (non-hydrogen) atoms. The van der Waals surface area contributed by atoms with Crippen LogP contribution in [0.25, 0.3) is 0 Å². The van der Waals surface area contributed by atoms with Crippen LogP contribution in [0.4, 0.5) is 0 Å². The van der Waals surface area contributed by atoms with E-state index in [0.29, 0.717) is 0 Å². The van der Waals surface area contributed by atoms with Crippen molar-refractivity contribution in [1.82, 2.24) is 5.32 Å². The van der Waals surface area contributed by atoms with Crippen molar-refractivity contribution >= 4 is 27.3 Å². The summed E-state index contributed by atoms with van der Waals surface area (Å²) in [6, 6.07) is 8.30. The number of ether oxygens (including phenoxy) is 2. The van der Waals surface area contributed by atoms with Crippen molar-refractivity contribution < 1.29 is 9.47 Å². The summed E-state index contributed by atoms with van der Waals surface area (Å²) in [5, 5.41) is 5.76. The van der Waals surface area contributed by atoms with Gasteiger partial charge in [0, 0.05) is 6.07 Å². The van der Waals surface area contributed by atoms with Gasteiger partial charge in [-0.2, -0.15) is 0 Å². The van der Waals surface area contributed by atoms with Gasteiger partial charge in [0.1, 0.15) is 11.5 Å². The summed E-state index contributed by atoms with van der Waals surface area (Å²) >= 11 is 5.23. The van der Waals surface area contributed by atoms with Gasteiger partial charge in [-0.1, -0.05) is 6.92 Å². The fourth-order valence-electron chi connectivity index (χ4n) is 2.19. The van der Waals surface area contributed by atoms with E-state index in [-0.39, 0.29) is 6.04 Å². The Morgan fingerprint density at radius 1 is 1.10 bits per heavy atom. The molecule has 2 aromatic rings. The second kappa shape index (κ2) is 7.82. The highest BCUT2D eigenvalue weighted by Crippen LogP contribution is 2.33. The number of methoxy groups -OCH3 is 2. The van der Waals surface area contributed by atoms with Gasteiger partial charge in [-0.25, -0.2) is 0 Å². The Hall–Kier alpha value is -1.04. The zero-order valence-electron chi connectivity index (χ0n) is 12.5. The third-order valence-corrected chi connectivity index (χ3v) is 4.75. The SMILES string of the molecule is CCCNC(c1cc(OC)cc(OC)c1)c1csc(Br)c1. The maximum Gasteiger partial charge on any atom is 0.122 e. The van der Waals surface area contributed by atoms with Crippen molar-refractivity contribution in [3.63, 3.8) is 0 Å². The van der Waals surface area contributed by atoms with Gasteiger partial charge in [0.05, 0.1) is 24.0 Å². The highest BCUT2D eigenvalue weighted by molar-refractivity contribution is 9.11. The van der Waals surface area contributed by atoms with E-state index in [2.05, 4.69) is 51.7 Å². The molecule has 0 aliphatic heterocycles. The summed E-state index contributed by atoms with van der Waals surface area (Å²) in [5.74, 6) is 1.61. The molecule has 1 atom stereocenters. The first kappa shape index (κ1) is 16.3. The first-order chi connectivity index (χ1) is 10.2. The maximum absolute atomic E-state index is 5.38. The minimum Gasteiger partial charge on any atom is -0.497 e. The molecule has 114 valence electrons. The first-order valence-corrected chi connectivity index (χ1v) is 8.55. The smallest absolute Gasteiger partial charge is 0.122 e. The summed E-state index contributed by atoms with van der Waals surface area (Å²) in [4.78, 5) is 0. The Labute approximate surface area is 138 Å². The van der Waals surface area contributed by atoms with Crippen LogP contribution in [0, 0.1) is 0 Å². The molecule has 1 aromatic carbocycles. The second-order valence-corrected chi connectivity index (χ2v) is 7.01. The number of benzene rings is 1. The van der Waals surface area contributed by atoms with E-state index < -0.39 is 0 Å². The number of thiophene rings is 1. The monoisotopic (exact) mass is 369 g/mol. The lowest BCUT2D eigenvalue weighted by atomic mass is 10.0. The standard InChI is InChI=1S/C16H20BrNO2S/c1-4-5-18-16(12-8-15(17)21-10-12)11-6-13(19-2)9-14(7-11)20-3/h6-10,16,18H,4-5H2,1-3H3. The Morgan fingerprint density at radius 3 is 2.24 bits per heavy atom. The highest BCUT2D eigenvalue weighted by Gasteiger charge is 2.17. The molecule has 1 unspecified atom stereocenters. The molecular formula is C16H20BrNO2S. The van der Waals surface area contributed by atoms with Crippen LogP contribution in [0.1, 0.15) is 30.5 Å². The number of rotatable bonds is 7. The van der Waals surface area contributed by atoms with Gasteiger partial charge in [-0.15, -0.1) is 11.3 Å². The van der Waals surface area contributed by atoms with E-state index in [1.54, 1.807) is 25.6 Å². The van der Waals surface area contributed by atoms with E-state index in [0.717, 1.165) is 33.8 Å². The number of hydrogen-bond donors (Lipinski definition) is 1. The molecule has 0 spiro atoms. The minimum atomic E-state index is 0.136. The Morgan fingerprint density at radius 2 is 1.76 bits per heavy atom. The zero-order chi connectivity index (χ0) is 15.2. The van der Waals surface area contributed by atoms with E-state index in [1.807, 2.05) is 6.07 Å². The lowest BCUT2D eigenvalue weighted by Crippen LogP contribution is -2.22. The molecule has 0 aliphatic carbocycles. The third-order valence-electron chi connectivity index (χ3n) is 3.23. The average molecular weight is 370 g/mol. The van der Waals surface area contributed by atoms with Crippen molar-refractivity contribution in [1.29, 1.82) is 0 Å². The van der Waals surface area contributed by atoms with Crippen molar-refractivity contribution in [2.24, 2.45) is 0 Å². The lowest BCUT2D eigenvalue weighted by Gasteiger charge is -2.19. The van der Waals surface area contributed by atoms with Gasteiger partial charge < -0.3 is 14.8 Å². The van der Waals surface area contributed by atoms with Crippen molar-refractivity contribution in [3.05, 3.63) is 44.6 Å². The molecule has 2 rings (SSSR count). The number of hydrogen-bond acceptors (Lipinski definition) is 4. The van der Waals surface area contributed by atoms with E-state index >= 15 is 0 Å². The molecule has 1 N–H and O–H groups in total. The predicted octanol–water partition coefficient (Wildman–Crippen LogP) is 4.62. The topological polar surface area (TPSA) is 30.5 Å². The average Bonchev–Trinajstić information content (AvgIpc) is 2.93. The molecule has 0 bridgehead atoms. The number of nitrogens with one attached hydrogen (secondary N) is 1. The van der Waals surface area contributed by atoms with Crippen molar-refractivity contribution in [2.75, 3.05) is 20.8 Å². The molecule has 1 aromatic heterocycles. The molecular weight excluding hydrogens is 350 g/mol. The second-order valence-electron chi connectivity index (χ2n) is 4.72. The molecule has 0 fully saturated rings. The molecule has 0 saturated heterocycles. The molecule has 0 aliphatic rings. The van der Waals surface area contributed by atoms with Gasteiger partial charge in [-0.3, -0.25) is 0 Å². The van der Waals surface area contributed by atoms with Gasteiger partial charge in [0.15, 0.2) is 0 Å². The third kappa shape index (κ3) is 4.22. The van der Waals surface area contributed by atoms with Crippen LogP contribution in [0.2, 0.25) is 0 Å². The van der Waals surface area contributed by atoms with Crippen LogP contribution in [0.3, 0.4) is 0 Å².